The second kappa shape index (κ2) is 5.03. The van der Waals surface area contributed by atoms with Crippen LogP contribution < -0.4 is 5.32 Å². The van der Waals surface area contributed by atoms with Crippen molar-refractivity contribution in [3.63, 3.8) is 0 Å². The van der Waals surface area contributed by atoms with Crippen molar-refractivity contribution in [2.75, 3.05) is 0 Å². The van der Waals surface area contributed by atoms with Crippen LogP contribution in [-0.4, -0.2) is 25.5 Å². The van der Waals surface area contributed by atoms with Crippen LogP contribution in [0.2, 0.25) is 0 Å². The number of aromatic nitrogens is 4. The van der Waals surface area contributed by atoms with Crippen molar-refractivity contribution in [2.45, 2.75) is 26.4 Å². The molecule has 1 amide bonds. The summed E-state index contributed by atoms with van der Waals surface area (Å²) in [5.41, 5.74) is 1.54. The number of aryl methyl sites for hydroxylation is 2. The molecule has 1 N–H and O–H groups in total. The molecule has 0 spiro atoms. The van der Waals surface area contributed by atoms with E-state index in [-0.39, 0.29) is 11.9 Å². The first-order valence-electron chi connectivity index (χ1n) is 5.94. The average molecular weight is 247 g/mol. The first-order valence-corrected chi connectivity index (χ1v) is 5.94. The van der Waals surface area contributed by atoms with Crippen LogP contribution in [0.3, 0.4) is 0 Å². The van der Waals surface area contributed by atoms with Crippen molar-refractivity contribution in [2.24, 2.45) is 7.05 Å². The number of carbonyl (C=O) groups excluding carboxylic acids is 1. The lowest BCUT2D eigenvalue weighted by Gasteiger charge is -2.15. The zero-order valence-electron chi connectivity index (χ0n) is 10.8. The maximum Gasteiger partial charge on any atom is 0.270 e. The Morgan fingerprint density at radius 3 is 2.72 bits per heavy atom. The van der Waals surface area contributed by atoms with Gasteiger partial charge in [-0.25, -0.2) is 0 Å². The standard InChI is InChI=1S/C12H17N5O/c1-4-17-10(5-8-14-17)9(2)15-12(18)11-6-7-13-16(11)3/h5-9H,4H2,1-3H3,(H,15,18). The summed E-state index contributed by atoms with van der Waals surface area (Å²) < 4.78 is 3.42. The van der Waals surface area contributed by atoms with Gasteiger partial charge in [0.15, 0.2) is 0 Å². The van der Waals surface area contributed by atoms with Gasteiger partial charge in [0.1, 0.15) is 5.69 Å². The number of amides is 1. The van der Waals surface area contributed by atoms with Gasteiger partial charge in [-0.15, -0.1) is 0 Å². The van der Waals surface area contributed by atoms with Crippen LogP contribution in [0.5, 0.6) is 0 Å². The molecule has 1 unspecified atom stereocenters. The number of nitrogens with one attached hydrogen (secondary N) is 1. The van der Waals surface area contributed by atoms with Crippen molar-refractivity contribution < 1.29 is 4.79 Å². The largest absolute Gasteiger partial charge is 0.343 e. The molecule has 0 aromatic carbocycles. The molecule has 96 valence electrons. The molecule has 0 aliphatic rings. The predicted molar refractivity (Wildman–Crippen MR) is 67.0 cm³/mol. The van der Waals surface area contributed by atoms with E-state index in [4.69, 9.17) is 0 Å². The quantitative estimate of drug-likeness (QED) is 0.880. The van der Waals surface area contributed by atoms with Gasteiger partial charge in [-0.05, 0) is 26.0 Å². The zero-order chi connectivity index (χ0) is 13.1. The van der Waals surface area contributed by atoms with E-state index in [9.17, 15) is 4.79 Å². The van der Waals surface area contributed by atoms with Crippen LogP contribution in [0, 0.1) is 0 Å². The van der Waals surface area contributed by atoms with Gasteiger partial charge in [0.05, 0.1) is 11.7 Å². The van der Waals surface area contributed by atoms with E-state index in [1.165, 1.54) is 0 Å². The Kier molecular flexibility index (Phi) is 3.45. The smallest absolute Gasteiger partial charge is 0.270 e. The summed E-state index contributed by atoms with van der Waals surface area (Å²) in [5.74, 6) is -0.133. The number of hydrogen-bond donors (Lipinski definition) is 1. The molecule has 0 radical (unpaired) electrons. The van der Waals surface area contributed by atoms with Gasteiger partial charge in [-0.2, -0.15) is 10.2 Å². The minimum atomic E-state index is -0.133. The second-order valence-electron chi connectivity index (χ2n) is 4.11. The molecule has 1 atom stereocenters. The van der Waals surface area contributed by atoms with Gasteiger partial charge in [-0.1, -0.05) is 0 Å². The predicted octanol–water partition coefficient (Wildman–Crippen LogP) is 1.13. The van der Waals surface area contributed by atoms with Crippen LogP contribution in [0.15, 0.2) is 24.5 Å². The minimum absolute atomic E-state index is 0.0881. The Hall–Kier alpha value is -2.11. The molecule has 0 aliphatic heterocycles. The normalized spacial score (nSPS) is 12.4. The Labute approximate surface area is 106 Å². The lowest BCUT2D eigenvalue weighted by atomic mass is 10.2. The molecular weight excluding hydrogens is 230 g/mol. The highest BCUT2D eigenvalue weighted by atomic mass is 16.2. The van der Waals surface area contributed by atoms with E-state index in [0.717, 1.165) is 12.2 Å². The highest BCUT2D eigenvalue weighted by Crippen LogP contribution is 2.12. The fourth-order valence-corrected chi connectivity index (χ4v) is 1.92. The molecular formula is C12H17N5O. The second-order valence-corrected chi connectivity index (χ2v) is 4.11. The number of rotatable bonds is 4. The number of hydrogen-bond acceptors (Lipinski definition) is 3. The molecule has 0 aliphatic carbocycles. The molecule has 6 heteroatoms. The summed E-state index contributed by atoms with van der Waals surface area (Å²) in [6.07, 6.45) is 3.35. The third kappa shape index (κ3) is 2.27. The SMILES string of the molecule is CCn1nccc1C(C)NC(=O)c1ccnn1C. The molecule has 0 saturated heterocycles. The summed E-state index contributed by atoms with van der Waals surface area (Å²) in [6.45, 7) is 4.75. The maximum atomic E-state index is 12.0. The molecule has 2 rings (SSSR count). The Morgan fingerprint density at radius 2 is 2.11 bits per heavy atom. The molecule has 0 bridgehead atoms. The molecule has 0 fully saturated rings. The summed E-state index contributed by atoms with van der Waals surface area (Å²) in [7, 11) is 1.75. The molecule has 2 aromatic heterocycles. The van der Waals surface area contributed by atoms with Crippen LogP contribution in [0.1, 0.15) is 36.1 Å². The number of nitrogens with zero attached hydrogens (tertiary/aromatic N) is 4. The van der Waals surface area contributed by atoms with Crippen molar-refractivity contribution >= 4 is 5.91 Å². The summed E-state index contributed by atoms with van der Waals surface area (Å²) in [6, 6.07) is 3.52. The summed E-state index contributed by atoms with van der Waals surface area (Å²) in [5, 5.41) is 11.1. The zero-order valence-corrected chi connectivity index (χ0v) is 10.8. The summed E-state index contributed by atoms with van der Waals surface area (Å²) >= 11 is 0. The van der Waals surface area contributed by atoms with E-state index in [1.807, 2.05) is 24.6 Å². The average Bonchev–Trinajstić information content (AvgIpc) is 2.96. The first-order chi connectivity index (χ1) is 8.63. The van der Waals surface area contributed by atoms with Crippen molar-refractivity contribution in [3.8, 4) is 0 Å². The van der Waals surface area contributed by atoms with Crippen LogP contribution >= 0.6 is 0 Å². The topological polar surface area (TPSA) is 64.7 Å². The Morgan fingerprint density at radius 1 is 1.39 bits per heavy atom. The van der Waals surface area contributed by atoms with Gasteiger partial charge in [0, 0.05) is 26.0 Å². The van der Waals surface area contributed by atoms with Crippen LogP contribution in [-0.2, 0) is 13.6 Å². The van der Waals surface area contributed by atoms with Crippen molar-refractivity contribution in [1.29, 1.82) is 0 Å². The molecule has 2 heterocycles. The summed E-state index contributed by atoms with van der Waals surface area (Å²) in [4.78, 5) is 12.0. The van der Waals surface area contributed by atoms with E-state index in [0.29, 0.717) is 5.69 Å². The third-order valence-electron chi connectivity index (χ3n) is 2.89. The molecule has 18 heavy (non-hydrogen) atoms. The Bertz CT molecular complexity index is 542. The lowest BCUT2D eigenvalue weighted by Crippen LogP contribution is -2.29. The third-order valence-corrected chi connectivity index (χ3v) is 2.89. The molecule has 2 aromatic rings. The van der Waals surface area contributed by atoms with E-state index in [2.05, 4.69) is 15.5 Å². The highest BCUT2D eigenvalue weighted by Gasteiger charge is 2.16. The van der Waals surface area contributed by atoms with Gasteiger partial charge in [-0.3, -0.25) is 14.2 Å². The highest BCUT2D eigenvalue weighted by molar-refractivity contribution is 5.92. The van der Waals surface area contributed by atoms with Crippen molar-refractivity contribution in [3.05, 3.63) is 35.9 Å². The molecule has 6 nitrogen and oxygen atoms in total. The van der Waals surface area contributed by atoms with E-state index in [1.54, 1.807) is 30.2 Å². The maximum absolute atomic E-state index is 12.0. The molecule has 0 saturated carbocycles. The van der Waals surface area contributed by atoms with Gasteiger partial charge < -0.3 is 5.32 Å². The van der Waals surface area contributed by atoms with Crippen molar-refractivity contribution in [1.82, 2.24) is 24.9 Å². The van der Waals surface area contributed by atoms with Gasteiger partial charge in [0.2, 0.25) is 0 Å². The lowest BCUT2D eigenvalue weighted by molar-refractivity contribution is 0.0929. The fourth-order valence-electron chi connectivity index (χ4n) is 1.92. The Balaban J connectivity index is 2.10. The van der Waals surface area contributed by atoms with Crippen LogP contribution in [0.25, 0.3) is 0 Å². The minimum Gasteiger partial charge on any atom is -0.343 e. The first kappa shape index (κ1) is 12.3. The number of carbonyl (C=O) groups is 1. The van der Waals surface area contributed by atoms with Crippen LogP contribution in [0.4, 0.5) is 0 Å². The van der Waals surface area contributed by atoms with E-state index < -0.39 is 0 Å². The van der Waals surface area contributed by atoms with E-state index >= 15 is 0 Å². The monoisotopic (exact) mass is 247 g/mol. The fraction of sp³-hybridized carbons (Fsp3) is 0.417. The van der Waals surface area contributed by atoms with Gasteiger partial charge in [0.25, 0.3) is 5.91 Å². The van der Waals surface area contributed by atoms with Gasteiger partial charge >= 0.3 is 0 Å².